The van der Waals surface area contributed by atoms with Crippen molar-refractivity contribution < 1.29 is 18.7 Å². The maximum absolute atomic E-state index is 14.2. The highest BCUT2D eigenvalue weighted by molar-refractivity contribution is 7.21. The lowest BCUT2D eigenvalue weighted by atomic mass is 10.1. The molecule has 0 unspecified atom stereocenters. The van der Waals surface area contributed by atoms with E-state index in [2.05, 4.69) is 5.32 Å². The number of nitrogens with zero attached hydrogens (tertiary/aromatic N) is 1. The van der Waals surface area contributed by atoms with Gasteiger partial charge in [-0.25, -0.2) is 4.39 Å². The largest absolute Gasteiger partial charge is 0.380 e. The van der Waals surface area contributed by atoms with Crippen LogP contribution in [0.15, 0.2) is 18.2 Å². The van der Waals surface area contributed by atoms with Gasteiger partial charge in [0, 0.05) is 35.3 Å². The van der Waals surface area contributed by atoms with Crippen LogP contribution in [0.25, 0.3) is 10.1 Å². The lowest BCUT2D eigenvalue weighted by Gasteiger charge is -2.21. The van der Waals surface area contributed by atoms with Gasteiger partial charge in [0.1, 0.15) is 5.82 Å². The van der Waals surface area contributed by atoms with Gasteiger partial charge in [0.05, 0.1) is 18.0 Å². The Balaban J connectivity index is 2.38. The number of benzene rings is 1. The fourth-order valence-corrected chi connectivity index (χ4v) is 3.82. The van der Waals surface area contributed by atoms with E-state index in [1.165, 1.54) is 29.4 Å². The van der Waals surface area contributed by atoms with E-state index in [4.69, 9.17) is 4.74 Å². The molecule has 5 nitrogen and oxygen atoms in total. The van der Waals surface area contributed by atoms with Gasteiger partial charge in [-0.2, -0.15) is 0 Å². The smallest absolute Gasteiger partial charge is 0.264 e. The molecule has 2 amide bonds. The Morgan fingerprint density at radius 1 is 1.36 bits per heavy atom. The topological polar surface area (TPSA) is 58.6 Å². The van der Waals surface area contributed by atoms with Crippen molar-refractivity contribution in [2.24, 2.45) is 0 Å². The molecule has 1 N–H and O–H groups in total. The summed E-state index contributed by atoms with van der Waals surface area (Å²) in [6, 6.07) is 4.77. The molecule has 0 spiro atoms. The second-order valence-corrected chi connectivity index (χ2v) is 7.05. The monoisotopic (exact) mass is 366 g/mol. The SMILES string of the molecule is CCN(CC(=O)NC(C)C)C(=O)c1sc2cccc(F)c2c1COC. The van der Waals surface area contributed by atoms with Crippen LogP contribution in [0, 0.1) is 5.82 Å². The molecule has 25 heavy (non-hydrogen) atoms. The Labute approximate surface area is 150 Å². The lowest BCUT2D eigenvalue weighted by molar-refractivity contribution is -0.122. The maximum Gasteiger partial charge on any atom is 0.264 e. The second-order valence-electron chi connectivity index (χ2n) is 6.00. The molecule has 1 heterocycles. The first-order valence-electron chi connectivity index (χ1n) is 8.16. The van der Waals surface area contributed by atoms with Crippen molar-refractivity contribution >= 4 is 33.2 Å². The molecule has 136 valence electrons. The van der Waals surface area contributed by atoms with E-state index in [0.29, 0.717) is 27.1 Å². The summed E-state index contributed by atoms with van der Waals surface area (Å²) >= 11 is 1.23. The van der Waals surface area contributed by atoms with Crippen molar-refractivity contribution in [3.05, 3.63) is 34.5 Å². The molecule has 1 aromatic heterocycles. The normalized spacial score (nSPS) is 11.1. The van der Waals surface area contributed by atoms with Gasteiger partial charge in [-0.3, -0.25) is 9.59 Å². The minimum atomic E-state index is -0.375. The van der Waals surface area contributed by atoms with Gasteiger partial charge >= 0.3 is 0 Å². The fourth-order valence-electron chi connectivity index (χ4n) is 2.63. The zero-order chi connectivity index (χ0) is 18.6. The third kappa shape index (κ3) is 4.35. The number of hydrogen-bond acceptors (Lipinski definition) is 4. The number of rotatable bonds is 7. The van der Waals surface area contributed by atoms with Crippen LogP contribution < -0.4 is 5.32 Å². The molecule has 0 aliphatic heterocycles. The molecule has 2 rings (SSSR count). The molecule has 0 saturated carbocycles. The van der Waals surface area contributed by atoms with E-state index in [9.17, 15) is 14.0 Å². The van der Waals surface area contributed by atoms with E-state index >= 15 is 0 Å². The van der Waals surface area contributed by atoms with Gasteiger partial charge in [0.15, 0.2) is 0 Å². The molecule has 0 aliphatic carbocycles. The van der Waals surface area contributed by atoms with Crippen molar-refractivity contribution in [2.75, 3.05) is 20.2 Å². The first-order chi connectivity index (χ1) is 11.9. The van der Waals surface area contributed by atoms with Crippen molar-refractivity contribution in [2.45, 2.75) is 33.4 Å². The van der Waals surface area contributed by atoms with Crippen LogP contribution in [0.1, 0.15) is 36.0 Å². The van der Waals surface area contributed by atoms with Crippen LogP contribution in [0.3, 0.4) is 0 Å². The number of likely N-dealkylation sites (N-methyl/N-ethyl adjacent to an activating group) is 1. The first kappa shape index (κ1) is 19.3. The minimum Gasteiger partial charge on any atom is -0.380 e. The number of methoxy groups -OCH3 is 1. The van der Waals surface area contributed by atoms with Crippen molar-refractivity contribution in [1.82, 2.24) is 10.2 Å². The summed E-state index contributed by atoms with van der Waals surface area (Å²) in [5.41, 5.74) is 0.535. The van der Waals surface area contributed by atoms with Crippen LogP contribution in [-0.4, -0.2) is 43.0 Å². The Morgan fingerprint density at radius 3 is 2.68 bits per heavy atom. The molecule has 2 aromatic rings. The van der Waals surface area contributed by atoms with Crippen molar-refractivity contribution in [3.63, 3.8) is 0 Å². The lowest BCUT2D eigenvalue weighted by Crippen LogP contribution is -2.42. The third-order valence-corrected chi connectivity index (χ3v) is 4.88. The predicted octanol–water partition coefficient (Wildman–Crippen LogP) is 3.17. The molecule has 0 atom stereocenters. The summed E-state index contributed by atoms with van der Waals surface area (Å²) in [4.78, 5) is 26.8. The Kier molecular flexibility index (Phi) is 6.50. The summed E-state index contributed by atoms with van der Waals surface area (Å²) in [7, 11) is 1.51. The van der Waals surface area contributed by atoms with Gasteiger partial charge in [0.25, 0.3) is 5.91 Å². The van der Waals surface area contributed by atoms with Crippen LogP contribution in [-0.2, 0) is 16.1 Å². The van der Waals surface area contributed by atoms with Gasteiger partial charge in [-0.05, 0) is 32.9 Å². The van der Waals surface area contributed by atoms with E-state index in [-0.39, 0.29) is 36.8 Å². The van der Waals surface area contributed by atoms with Gasteiger partial charge in [-0.1, -0.05) is 6.07 Å². The maximum atomic E-state index is 14.2. The Hall–Kier alpha value is -1.99. The van der Waals surface area contributed by atoms with Crippen molar-refractivity contribution in [1.29, 1.82) is 0 Å². The highest BCUT2D eigenvalue weighted by Gasteiger charge is 2.25. The van der Waals surface area contributed by atoms with E-state index in [0.717, 1.165) is 0 Å². The van der Waals surface area contributed by atoms with Gasteiger partial charge in [-0.15, -0.1) is 11.3 Å². The molecule has 1 aromatic carbocycles. The summed E-state index contributed by atoms with van der Waals surface area (Å²) < 4.78 is 20.1. The van der Waals surface area contributed by atoms with Crippen molar-refractivity contribution in [3.8, 4) is 0 Å². The van der Waals surface area contributed by atoms with Crippen LogP contribution in [0.4, 0.5) is 4.39 Å². The standard InChI is InChI=1S/C18H23FN2O3S/c1-5-21(9-15(22)20-11(2)3)18(23)17-12(10-24-4)16-13(19)7-6-8-14(16)25-17/h6-8,11H,5,9-10H2,1-4H3,(H,20,22). The number of halogens is 1. The number of ether oxygens (including phenoxy) is 1. The average Bonchev–Trinajstić information content (AvgIpc) is 2.91. The quantitative estimate of drug-likeness (QED) is 0.819. The Morgan fingerprint density at radius 2 is 2.08 bits per heavy atom. The number of amides is 2. The van der Waals surface area contributed by atoms with Crippen LogP contribution in [0.2, 0.25) is 0 Å². The number of fused-ring (bicyclic) bond motifs is 1. The number of hydrogen-bond donors (Lipinski definition) is 1. The van der Waals surface area contributed by atoms with E-state index < -0.39 is 0 Å². The Bertz CT molecular complexity index is 773. The zero-order valence-corrected chi connectivity index (χ0v) is 15.7. The molecule has 0 aliphatic rings. The molecule has 0 saturated heterocycles. The number of carbonyl (C=O) groups excluding carboxylic acids is 2. The van der Waals surface area contributed by atoms with Crippen LogP contribution in [0.5, 0.6) is 0 Å². The van der Waals surface area contributed by atoms with Gasteiger partial charge in [0.2, 0.25) is 5.91 Å². The third-order valence-electron chi connectivity index (χ3n) is 3.70. The number of nitrogens with one attached hydrogen (secondary N) is 1. The van der Waals surface area contributed by atoms with E-state index in [1.54, 1.807) is 12.1 Å². The molecule has 0 fully saturated rings. The summed E-state index contributed by atoms with van der Waals surface area (Å²) in [6.07, 6.45) is 0. The summed E-state index contributed by atoms with van der Waals surface area (Å²) in [6.45, 7) is 6.02. The first-order valence-corrected chi connectivity index (χ1v) is 8.98. The second kappa shape index (κ2) is 8.40. The average molecular weight is 366 g/mol. The highest BCUT2D eigenvalue weighted by Crippen LogP contribution is 2.34. The summed E-state index contributed by atoms with van der Waals surface area (Å²) in [5.74, 6) is -0.875. The summed E-state index contributed by atoms with van der Waals surface area (Å²) in [5, 5.41) is 3.19. The zero-order valence-electron chi connectivity index (χ0n) is 14.9. The van der Waals surface area contributed by atoms with Gasteiger partial charge < -0.3 is 15.0 Å². The number of thiophene rings is 1. The van der Waals surface area contributed by atoms with E-state index in [1.807, 2.05) is 20.8 Å². The molecule has 0 radical (unpaired) electrons. The molecule has 0 bridgehead atoms. The fraction of sp³-hybridized carbons (Fsp3) is 0.444. The predicted molar refractivity (Wildman–Crippen MR) is 97.4 cm³/mol. The van der Waals surface area contributed by atoms with Crippen LogP contribution >= 0.6 is 11.3 Å². The molecule has 7 heteroatoms. The molecular formula is C18H23FN2O3S. The number of carbonyl (C=O) groups is 2. The highest BCUT2D eigenvalue weighted by atomic mass is 32.1. The molecular weight excluding hydrogens is 343 g/mol. The minimum absolute atomic E-state index is 0.00350.